The molecule has 0 bridgehead atoms. The summed E-state index contributed by atoms with van der Waals surface area (Å²) >= 11 is 6.04. The molecule has 1 fully saturated rings. The molecule has 0 aliphatic carbocycles. The van der Waals surface area contributed by atoms with Gasteiger partial charge in [0.1, 0.15) is 4.90 Å². The Bertz CT molecular complexity index is 760. The molecule has 0 unspecified atom stereocenters. The number of hydrogen-bond acceptors (Lipinski definition) is 4. The summed E-state index contributed by atoms with van der Waals surface area (Å²) in [5, 5.41) is 0.267. The zero-order valence-corrected chi connectivity index (χ0v) is 14.2. The highest BCUT2D eigenvalue weighted by atomic mass is 35.5. The van der Waals surface area contributed by atoms with Crippen molar-refractivity contribution in [2.45, 2.75) is 11.4 Å². The molecule has 0 spiro atoms. The minimum Gasteiger partial charge on any atom is -0.295 e. The van der Waals surface area contributed by atoms with Crippen LogP contribution in [0.4, 0.5) is 0 Å². The topological polar surface area (TPSA) is 53.5 Å². The first-order valence-corrected chi connectivity index (χ1v) is 9.26. The Morgan fingerprint density at radius 2 is 1.70 bits per heavy atom. The van der Waals surface area contributed by atoms with Crippen LogP contribution < -0.4 is 0 Å². The average Bonchev–Trinajstić information content (AvgIpc) is 2.56. The number of nitrogens with zero attached hydrogens (tertiary/aromatic N) is 3. The van der Waals surface area contributed by atoms with Crippen LogP contribution >= 0.6 is 11.6 Å². The van der Waals surface area contributed by atoms with Gasteiger partial charge in [-0.3, -0.25) is 9.88 Å². The molecule has 5 nitrogen and oxygen atoms in total. The van der Waals surface area contributed by atoms with Crippen LogP contribution in [0.2, 0.25) is 5.02 Å². The second-order valence-electron chi connectivity index (χ2n) is 5.43. The van der Waals surface area contributed by atoms with Crippen molar-refractivity contribution in [1.82, 2.24) is 14.2 Å². The number of sulfonamides is 1. The van der Waals surface area contributed by atoms with Gasteiger partial charge in [-0.05, 0) is 24.3 Å². The Balaban J connectivity index is 1.66. The van der Waals surface area contributed by atoms with Crippen molar-refractivity contribution in [3.05, 3.63) is 59.4 Å². The van der Waals surface area contributed by atoms with E-state index >= 15 is 0 Å². The monoisotopic (exact) mass is 351 g/mol. The molecule has 1 saturated heterocycles. The maximum absolute atomic E-state index is 12.7. The lowest BCUT2D eigenvalue weighted by atomic mass is 10.3. The van der Waals surface area contributed by atoms with E-state index in [9.17, 15) is 8.42 Å². The van der Waals surface area contributed by atoms with E-state index in [0.29, 0.717) is 26.2 Å². The first-order chi connectivity index (χ1) is 11.1. The Kier molecular flexibility index (Phi) is 4.96. The van der Waals surface area contributed by atoms with Crippen molar-refractivity contribution < 1.29 is 8.42 Å². The highest BCUT2D eigenvalue weighted by molar-refractivity contribution is 7.89. The predicted molar refractivity (Wildman–Crippen MR) is 89.7 cm³/mol. The highest BCUT2D eigenvalue weighted by Gasteiger charge is 2.29. The Morgan fingerprint density at radius 3 is 2.35 bits per heavy atom. The summed E-state index contributed by atoms with van der Waals surface area (Å²) in [7, 11) is -3.53. The molecular weight excluding hydrogens is 334 g/mol. The minimum atomic E-state index is -3.53. The number of piperazine rings is 1. The van der Waals surface area contributed by atoms with Crippen LogP contribution in [0.3, 0.4) is 0 Å². The number of benzene rings is 1. The van der Waals surface area contributed by atoms with E-state index in [0.717, 1.165) is 12.2 Å². The number of hydrogen-bond donors (Lipinski definition) is 0. The summed E-state index contributed by atoms with van der Waals surface area (Å²) in [5.41, 5.74) is 0.995. The average molecular weight is 352 g/mol. The van der Waals surface area contributed by atoms with E-state index in [1.165, 1.54) is 4.31 Å². The van der Waals surface area contributed by atoms with Gasteiger partial charge < -0.3 is 0 Å². The van der Waals surface area contributed by atoms with Crippen LogP contribution in [0.1, 0.15) is 5.69 Å². The van der Waals surface area contributed by atoms with Gasteiger partial charge in [0, 0.05) is 38.9 Å². The highest BCUT2D eigenvalue weighted by Crippen LogP contribution is 2.25. The summed E-state index contributed by atoms with van der Waals surface area (Å²) in [6, 6.07) is 12.4. The standard InChI is InChI=1S/C16H18ClN3O2S/c17-15-6-1-2-7-16(15)23(21,22)20-11-9-19(10-12-20)13-14-5-3-4-8-18-14/h1-8H,9-13H2. The van der Waals surface area contributed by atoms with Crippen LogP contribution in [0.15, 0.2) is 53.6 Å². The van der Waals surface area contributed by atoms with E-state index in [-0.39, 0.29) is 9.92 Å². The third-order valence-electron chi connectivity index (χ3n) is 3.90. The number of rotatable bonds is 4. The van der Waals surface area contributed by atoms with Gasteiger partial charge in [0.15, 0.2) is 0 Å². The van der Waals surface area contributed by atoms with Crippen molar-refractivity contribution in [2.75, 3.05) is 26.2 Å². The SMILES string of the molecule is O=S(=O)(c1ccccc1Cl)N1CCN(Cc2ccccn2)CC1. The smallest absolute Gasteiger partial charge is 0.244 e. The number of aromatic nitrogens is 1. The van der Waals surface area contributed by atoms with E-state index < -0.39 is 10.0 Å². The molecule has 2 heterocycles. The summed E-state index contributed by atoms with van der Waals surface area (Å²) < 4.78 is 26.9. The quantitative estimate of drug-likeness (QED) is 0.847. The van der Waals surface area contributed by atoms with Crippen molar-refractivity contribution in [3.63, 3.8) is 0 Å². The third kappa shape index (κ3) is 3.72. The first-order valence-electron chi connectivity index (χ1n) is 7.44. The van der Waals surface area contributed by atoms with Gasteiger partial charge in [-0.1, -0.05) is 29.8 Å². The minimum absolute atomic E-state index is 0.180. The van der Waals surface area contributed by atoms with E-state index in [1.807, 2.05) is 18.2 Å². The molecule has 2 aromatic rings. The largest absolute Gasteiger partial charge is 0.295 e. The normalized spacial score (nSPS) is 17.3. The van der Waals surface area contributed by atoms with Crippen LogP contribution in [0, 0.1) is 0 Å². The zero-order chi connectivity index (χ0) is 16.3. The molecular formula is C16H18ClN3O2S. The molecule has 0 amide bonds. The summed E-state index contributed by atoms with van der Waals surface area (Å²) in [4.78, 5) is 6.70. The predicted octanol–water partition coefficient (Wildman–Crippen LogP) is 2.24. The lowest BCUT2D eigenvalue weighted by molar-refractivity contribution is 0.180. The van der Waals surface area contributed by atoms with Gasteiger partial charge in [0.25, 0.3) is 0 Å². The fraction of sp³-hybridized carbons (Fsp3) is 0.312. The van der Waals surface area contributed by atoms with E-state index in [4.69, 9.17) is 11.6 Å². The van der Waals surface area contributed by atoms with Gasteiger partial charge in [-0.15, -0.1) is 0 Å². The van der Waals surface area contributed by atoms with Gasteiger partial charge in [0.05, 0.1) is 10.7 Å². The molecule has 23 heavy (non-hydrogen) atoms. The van der Waals surface area contributed by atoms with E-state index in [1.54, 1.807) is 30.5 Å². The van der Waals surface area contributed by atoms with Gasteiger partial charge in [0.2, 0.25) is 10.0 Å². The molecule has 0 atom stereocenters. The van der Waals surface area contributed by atoms with Crippen molar-refractivity contribution in [2.24, 2.45) is 0 Å². The van der Waals surface area contributed by atoms with Crippen LogP contribution in [-0.2, 0) is 16.6 Å². The molecule has 122 valence electrons. The second kappa shape index (κ2) is 6.97. The van der Waals surface area contributed by atoms with Crippen LogP contribution in [0.5, 0.6) is 0 Å². The molecule has 0 saturated carbocycles. The summed E-state index contributed by atoms with van der Waals surface area (Å²) in [5.74, 6) is 0. The first kappa shape index (κ1) is 16.4. The van der Waals surface area contributed by atoms with Crippen molar-refractivity contribution in [1.29, 1.82) is 0 Å². The number of halogens is 1. The van der Waals surface area contributed by atoms with Crippen LogP contribution in [-0.4, -0.2) is 48.8 Å². The maximum atomic E-state index is 12.7. The molecule has 7 heteroatoms. The van der Waals surface area contributed by atoms with Gasteiger partial charge >= 0.3 is 0 Å². The third-order valence-corrected chi connectivity index (χ3v) is 6.30. The molecule has 0 N–H and O–H groups in total. The molecule has 1 aromatic heterocycles. The lowest BCUT2D eigenvalue weighted by Gasteiger charge is -2.33. The molecule has 3 rings (SSSR count). The lowest BCUT2D eigenvalue weighted by Crippen LogP contribution is -2.48. The fourth-order valence-corrected chi connectivity index (χ4v) is 4.56. The maximum Gasteiger partial charge on any atom is 0.244 e. The summed E-state index contributed by atoms with van der Waals surface area (Å²) in [6.07, 6.45) is 1.77. The van der Waals surface area contributed by atoms with Crippen molar-refractivity contribution in [3.8, 4) is 0 Å². The Morgan fingerprint density at radius 1 is 1.00 bits per heavy atom. The molecule has 1 aliphatic rings. The molecule has 0 radical (unpaired) electrons. The number of pyridine rings is 1. The Hall–Kier alpha value is -1.47. The van der Waals surface area contributed by atoms with Gasteiger partial charge in [-0.2, -0.15) is 4.31 Å². The molecule has 1 aliphatic heterocycles. The zero-order valence-electron chi connectivity index (χ0n) is 12.6. The van der Waals surface area contributed by atoms with Crippen LogP contribution in [0.25, 0.3) is 0 Å². The van der Waals surface area contributed by atoms with Gasteiger partial charge in [-0.25, -0.2) is 8.42 Å². The molecule has 1 aromatic carbocycles. The second-order valence-corrected chi connectivity index (χ2v) is 7.75. The fourth-order valence-electron chi connectivity index (χ4n) is 2.64. The van der Waals surface area contributed by atoms with Crippen molar-refractivity contribution >= 4 is 21.6 Å². The van der Waals surface area contributed by atoms with E-state index in [2.05, 4.69) is 9.88 Å². The summed E-state index contributed by atoms with van der Waals surface area (Å²) in [6.45, 7) is 3.02. The Labute approximate surface area is 141 Å².